The SMILES string of the molecule is CC1Cc2nc3c(c(NC(=O)n4ccnc4)c2C1)CCC3. The molecule has 0 saturated heterocycles. The molecule has 2 aliphatic carbocycles. The molecule has 0 bridgehead atoms. The first-order valence-electron chi connectivity index (χ1n) is 7.55. The predicted molar refractivity (Wildman–Crippen MR) is 79.5 cm³/mol. The monoisotopic (exact) mass is 282 g/mol. The van der Waals surface area contributed by atoms with E-state index < -0.39 is 0 Å². The van der Waals surface area contributed by atoms with Gasteiger partial charge < -0.3 is 5.32 Å². The average Bonchev–Trinajstić information content (AvgIpc) is 3.16. The molecule has 0 aliphatic heterocycles. The summed E-state index contributed by atoms with van der Waals surface area (Å²) in [7, 11) is 0. The Labute approximate surface area is 123 Å². The quantitative estimate of drug-likeness (QED) is 0.874. The van der Waals surface area contributed by atoms with Crippen LogP contribution in [0.25, 0.3) is 0 Å². The van der Waals surface area contributed by atoms with Crippen molar-refractivity contribution < 1.29 is 4.79 Å². The lowest BCUT2D eigenvalue weighted by Crippen LogP contribution is -2.20. The van der Waals surface area contributed by atoms with Crippen molar-refractivity contribution in [2.75, 3.05) is 5.32 Å². The highest BCUT2D eigenvalue weighted by Gasteiger charge is 2.29. The van der Waals surface area contributed by atoms with E-state index in [0.29, 0.717) is 5.92 Å². The summed E-state index contributed by atoms with van der Waals surface area (Å²) in [5, 5.41) is 3.11. The number of anilines is 1. The van der Waals surface area contributed by atoms with Crippen LogP contribution in [-0.4, -0.2) is 20.6 Å². The molecule has 0 saturated carbocycles. The van der Waals surface area contributed by atoms with Gasteiger partial charge in [0.1, 0.15) is 6.33 Å². The zero-order valence-electron chi connectivity index (χ0n) is 12.1. The summed E-state index contributed by atoms with van der Waals surface area (Å²) in [5.41, 5.74) is 5.89. The summed E-state index contributed by atoms with van der Waals surface area (Å²) in [6.07, 6.45) is 10.0. The summed E-state index contributed by atoms with van der Waals surface area (Å²) in [5.74, 6) is 0.610. The van der Waals surface area contributed by atoms with Crippen LogP contribution in [0.1, 0.15) is 35.9 Å². The van der Waals surface area contributed by atoms with Gasteiger partial charge in [-0.15, -0.1) is 0 Å². The second-order valence-electron chi connectivity index (χ2n) is 6.10. The van der Waals surface area contributed by atoms with Crippen LogP contribution in [0, 0.1) is 5.92 Å². The smallest absolute Gasteiger partial charge is 0.307 e. The van der Waals surface area contributed by atoms with Gasteiger partial charge in [-0.1, -0.05) is 6.92 Å². The van der Waals surface area contributed by atoms with Crippen molar-refractivity contribution in [2.45, 2.75) is 39.0 Å². The fourth-order valence-electron chi connectivity index (χ4n) is 3.52. The lowest BCUT2D eigenvalue weighted by molar-refractivity contribution is 0.253. The number of aryl methyl sites for hydroxylation is 1. The highest BCUT2D eigenvalue weighted by atomic mass is 16.2. The molecule has 1 amide bonds. The lowest BCUT2D eigenvalue weighted by atomic mass is 10.0. The van der Waals surface area contributed by atoms with E-state index >= 15 is 0 Å². The molecule has 5 heteroatoms. The van der Waals surface area contributed by atoms with Crippen LogP contribution in [-0.2, 0) is 25.7 Å². The number of hydrogen-bond acceptors (Lipinski definition) is 3. The molecule has 108 valence electrons. The molecule has 1 atom stereocenters. The molecule has 4 rings (SSSR count). The van der Waals surface area contributed by atoms with Crippen LogP contribution < -0.4 is 5.32 Å². The van der Waals surface area contributed by atoms with Crippen LogP contribution in [0.3, 0.4) is 0 Å². The van der Waals surface area contributed by atoms with E-state index in [2.05, 4.69) is 17.2 Å². The number of imidazole rings is 1. The molecular weight excluding hydrogens is 264 g/mol. The van der Waals surface area contributed by atoms with Gasteiger partial charge in [0.05, 0.1) is 5.69 Å². The van der Waals surface area contributed by atoms with Crippen LogP contribution >= 0.6 is 0 Å². The summed E-state index contributed by atoms with van der Waals surface area (Å²) in [6, 6.07) is -0.144. The van der Waals surface area contributed by atoms with Crippen molar-refractivity contribution in [3.63, 3.8) is 0 Å². The van der Waals surface area contributed by atoms with Gasteiger partial charge in [0.15, 0.2) is 0 Å². The molecule has 2 aromatic heterocycles. The molecule has 5 nitrogen and oxygen atoms in total. The van der Waals surface area contributed by atoms with E-state index in [1.807, 2.05) is 0 Å². The maximum atomic E-state index is 12.3. The minimum atomic E-state index is -0.144. The molecule has 1 N–H and O–H groups in total. The van der Waals surface area contributed by atoms with Gasteiger partial charge in [0.25, 0.3) is 0 Å². The molecule has 2 heterocycles. The third kappa shape index (κ3) is 2.04. The van der Waals surface area contributed by atoms with Gasteiger partial charge in [-0.3, -0.25) is 9.55 Å². The number of nitrogens with one attached hydrogen (secondary N) is 1. The van der Waals surface area contributed by atoms with Crippen LogP contribution in [0.5, 0.6) is 0 Å². The summed E-state index contributed by atoms with van der Waals surface area (Å²) in [6.45, 7) is 2.24. The largest absolute Gasteiger partial charge is 0.331 e. The van der Waals surface area contributed by atoms with Crippen LogP contribution in [0.4, 0.5) is 10.5 Å². The first kappa shape index (κ1) is 12.6. The zero-order valence-corrected chi connectivity index (χ0v) is 12.1. The Morgan fingerprint density at radius 3 is 3.00 bits per heavy atom. The molecule has 21 heavy (non-hydrogen) atoms. The number of carbonyl (C=O) groups is 1. The number of pyridine rings is 1. The molecule has 0 aromatic carbocycles. The first-order chi connectivity index (χ1) is 10.2. The van der Waals surface area contributed by atoms with Gasteiger partial charge in [-0.25, -0.2) is 9.78 Å². The summed E-state index contributed by atoms with van der Waals surface area (Å²) in [4.78, 5) is 21.1. The molecule has 2 aromatic rings. The minimum Gasteiger partial charge on any atom is -0.307 e. The molecular formula is C16H18N4O. The van der Waals surface area contributed by atoms with Crippen LogP contribution in [0.2, 0.25) is 0 Å². The third-order valence-corrected chi connectivity index (χ3v) is 4.48. The second kappa shape index (κ2) is 4.69. The minimum absolute atomic E-state index is 0.144. The van der Waals surface area contributed by atoms with E-state index in [1.165, 1.54) is 33.4 Å². The van der Waals surface area contributed by atoms with Crippen molar-refractivity contribution in [1.29, 1.82) is 0 Å². The van der Waals surface area contributed by atoms with Crippen molar-refractivity contribution in [1.82, 2.24) is 14.5 Å². The van der Waals surface area contributed by atoms with Crippen LogP contribution in [0.15, 0.2) is 18.7 Å². The van der Waals surface area contributed by atoms with E-state index in [1.54, 1.807) is 12.4 Å². The highest BCUT2D eigenvalue weighted by Crippen LogP contribution is 2.38. The Morgan fingerprint density at radius 1 is 1.29 bits per heavy atom. The first-order valence-corrected chi connectivity index (χ1v) is 7.55. The Hall–Kier alpha value is -2.17. The standard InChI is InChI=1S/C16H18N4O/c1-10-7-12-14(8-10)18-13-4-2-3-11(13)15(12)19-16(21)20-6-5-17-9-20/h5-6,9-10H,2-4,7-8H2,1H3,(H,18,19,21). The Balaban J connectivity index is 1.76. The fraction of sp³-hybridized carbons (Fsp3) is 0.438. The predicted octanol–water partition coefficient (Wildman–Crippen LogP) is 2.58. The topological polar surface area (TPSA) is 59.8 Å². The number of carbonyl (C=O) groups excluding carboxylic acids is 1. The second-order valence-corrected chi connectivity index (χ2v) is 6.10. The van der Waals surface area contributed by atoms with Crippen molar-refractivity contribution in [2.24, 2.45) is 5.92 Å². The fourth-order valence-corrected chi connectivity index (χ4v) is 3.52. The summed E-state index contributed by atoms with van der Waals surface area (Å²) >= 11 is 0. The number of aromatic nitrogens is 3. The van der Waals surface area contributed by atoms with Crippen molar-refractivity contribution >= 4 is 11.7 Å². The number of fused-ring (bicyclic) bond motifs is 2. The molecule has 0 fully saturated rings. The number of nitrogens with zero attached hydrogens (tertiary/aromatic N) is 3. The molecule has 0 spiro atoms. The molecule has 1 unspecified atom stereocenters. The summed E-state index contributed by atoms with van der Waals surface area (Å²) < 4.78 is 1.48. The molecule has 2 aliphatic rings. The maximum Gasteiger partial charge on any atom is 0.331 e. The van der Waals surface area contributed by atoms with Gasteiger partial charge >= 0.3 is 6.03 Å². The number of hydrogen-bond donors (Lipinski definition) is 1. The number of amides is 1. The number of rotatable bonds is 1. The Bertz CT molecular complexity index is 706. The van der Waals surface area contributed by atoms with Crippen molar-refractivity contribution in [3.05, 3.63) is 41.2 Å². The van der Waals surface area contributed by atoms with Gasteiger partial charge in [-0.2, -0.15) is 0 Å². The van der Waals surface area contributed by atoms with Gasteiger partial charge in [-0.05, 0) is 49.1 Å². The average molecular weight is 282 g/mol. The normalized spacial score (nSPS) is 19.4. The Kier molecular flexibility index (Phi) is 2.80. The lowest BCUT2D eigenvalue weighted by Gasteiger charge is -2.15. The van der Waals surface area contributed by atoms with Gasteiger partial charge in [0.2, 0.25) is 0 Å². The van der Waals surface area contributed by atoms with Crippen molar-refractivity contribution in [3.8, 4) is 0 Å². The maximum absolute atomic E-state index is 12.3. The van der Waals surface area contributed by atoms with E-state index in [-0.39, 0.29) is 6.03 Å². The van der Waals surface area contributed by atoms with Gasteiger partial charge in [0, 0.05) is 23.8 Å². The Morgan fingerprint density at radius 2 is 2.19 bits per heavy atom. The third-order valence-electron chi connectivity index (χ3n) is 4.48. The highest BCUT2D eigenvalue weighted by molar-refractivity contribution is 5.93. The van der Waals surface area contributed by atoms with E-state index in [4.69, 9.17) is 4.98 Å². The molecule has 0 radical (unpaired) electrons. The van der Waals surface area contributed by atoms with E-state index in [9.17, 15) is 4.79 Å². The van der Waals surface area contributed by atoms with E-state index in [0.717, 1.165) is 37.8 Å². The zero-order chi connectivity index (χ0) is 14.4.